The van der Waals surface area contributed by atoms with Gasteiger partial charge in [0.05, 0.1) is 11.1 Å². The van der Waals surface area contributed by atoms with Crippen LogP contribution in [0.5, 0.6) is 0 Å². The fraction of sp³-hybridized carbons (Fsp3) is 0.400. The molecule has 5 nitrogen and oxygen atoms in total. The Morgan fingerprint density at radius 3 is 2.50 bits per heavy atom. The molecule has 102 valence electrons. The van der Waals surface area contributed by atoms with Crippen LogP contribution in [0.25, 0.3) is 0 Å². The molecule has 0 aromatic heterocycles. The summed E-state index contributed by atoms with van der Waals surface area (Å²) >= 11 is 0. The third-order valence-electron chi connectivity index (χ3n) is 3.43. The monoisotopic (exact) mass is 268 g/mol. The van der Waals surface area contributed by atoms with Crippen LogP contribution in [0, 0.1) is 22.7 Å². The number of hydrogen-bond acceptors (Lipinski definition) is 4. The van der Waals surface area contributed by atoms with E-state index in [1.807, 2.05) is 24.0 Å². The number of benzene rings is 1. The lowest BCUT2D eigenvalue weighted by atomic mass is 10.1. The molecule has 1 unspecified atom stereocenters. The van der Waals surface area contributed by atoms with Gasteiger partial charge in [-0.05, 0) is 38.0 Å². The molecule has 0 bridgehead atoms. The highest BCUT2D eigenvalue weighted by Gasteiger charge is 2.23. The maximum Gasteiger partial charge on any atom is 0.244 e. The van der Waals surface area contributed by atoms with E-state index in [0.29, 0.717) is 16.8 Å². The zero-order valence-electron chi connectivity index (χ0n) is 11.4. The fourth-order valence-corrected chi connectivity index (χ4v) is 2.35. The molecular weight excluding hydrogens is 252 g/mol. The summed E-state index contributed by atoms with van der Waals surface area (Å²) in [4.78, 5) is 14.0. The summed E-state index contributed by atoms with van der Waals surface area (Å²) in [5.41, 5.74) is 1.34. The number of carbonyl (C=O) groups is 1. The van der Waals surface area contributed by atoms with Gasteiger partial charge in [0.1, 0.15) is 18.2 Å². The number of anilines is 1. The van der Waals surface area contributed by atoms with Gasteiger partial charge in [-0.1, -0.05) is 0 Å². The van der Waals surface area contributed by atoms with Crippen LogP contribution in [0.3, 0.4) is 0 Å². The van der Waals surface area contributed by atoms with Crippen molar-refractivity contribution in [2.24, 2.45) is 0 Å². The van der Waals surface area contributed by atoms with Crippen LogP contribution in [-0.2, 0) is 4.79 Å². The normalized spacial score (nSPS) is 15.2. The van der Waals surface area contributed by atoms with Gasteiger partial charge in [0.15, 0.2) is 0 Å². The van der Waals surface area contributed by atoms with Gasteiger partial charge in [0.25, 0.3) is 0 Å². The predicted molar refractivity (Wildman–Crippen MR) is 74.8 cm³/mol. The van der Waals surface area contributed by atoms with Crippen LogP contribution < -0.4 is 5.32 Å². The molecule has 1 heterocycles. The Balaban J connectivity index is 2.08. The van der Waals surface area contributed by atoms with Gasteiger partial charge in [-0.25, -0.2) is 0 Å². The molecule has 5 heteroatoms. The van der Waals surface area contributed by atoms with Gasteiger partial charge in [0, 0.05) is 18.8 Å². The quantitative estimate of drug-likeness (QED) is 0.907. The molecule has 1 fully saturated rings. The second-order valence-corrected chi connectivity index (χ2v) is 4.88. The van der Waals surface area contributed by atoms with E-state index in [2.05, 4.69) is 5.32 Å². The van der Waals surface area contributed by atoms with E-state index in [4.69, 9.17) is 10.5 Å². The van der Waals surface area contributed by atoms with E-state index < -0.39 is 0 Å². The molecule has 0 spiro atoms. The SMILES string of the molecule is CC(Nc1ccc(C#N)c(C#N)c1)C(=O)N1CCCC1. The molecule has 0 aliphatic carbocycles. The smallest absolute Gasteiger partial charge is 0.244 e. The highest BCUT2D eigenvalue weighted by Crippen LogP contribution is 2.17. The average molecular weight is 268 g/mol. The van der Waals surface area contributed by atoms with E-state index in [-0.39, 0.29) is 11.9 Å². The summed E-state index contributed by atoms with van der Waals surface area (Å²) < 4.78 is 0. The van der Waals surface area contributed by atoms with Crippen LogP contribution in [0.1, 0.15) is 30.9 Å². The number of hydrogen-bond donors (Lipinski definition) is 1. The second kappa shape index (κ2) is 6.08. The highest BCUT2D eigenvalue weighted by molar-refractivity contribution is 5.84. The van der Waals surface area contributed by atoms with Gasteiger partial charge in [-0.2, -0.15) is 10.5 Å². The van der Waals surface area contributed by atoms with Crippen molar-refractivity contribution in [3.63, 3.8) is 0 Å². The molecule has 1 saturated heterocycles. The standard InChI is InChI=1S/C15H16N4O/c1-11(15(20)19-6-2-3-7-19)18-14-5-4-12(9-16)13(8-14)10-17/h4-5,8,11,18H,2-3,6-7H2,1H3. The Bertz CT molecular complexity index is 591. The van der Waals surface area contributed by atoms with E-state index >= 15 is 0 Å². The van der Waals surface area contributed by atoms with Crippen molar-refractivity contribution in [3.8, 4) is 12.1 Å². The first-order valence-electron chi connectivity index (χ1n) is 6.65. The van der Waals surface area contributed by atoms with Crippen molar-refractivity contribution in [2.75, 3.05) is 18.4 Å². The summed E-state index contributed by atoms with van der Waals surface area (Å²) in [5.74, 6) is 0.0744. The minimum absolute atomic E-state index is 0.0744. The van der Waals surface area contributed by atoms with Crippen molar-refractivity contribution < 1.29 is 4.79 Å². The van der Waals surface area contributed by atoms with Gasteiger partial charge < -0.3 is 10.2 Å². The Hall–Kier alpha value is -2.53. The molecule has 2 rings (SSSR count). The summed E-state index contributed by atoms with van der Waals surface area (Å²) in [6, 6.07) is 8.53. The highest BCUT2D eigenvalue weighted by atomic mass is 16.2. The lowest BCUT2D eigenvalue weighted by molar-refractivity contribution is -0.130. The first kappa shape index (κ1) is 13.9. The second-order valence-electron chi connectivity index (χ2n) is 4.88. The number of nitriles is 2. The van der Waals surface area contributed by atoms with Crippen LogP contribution in [-0.4, -0.2) is 29.9 Å². The summed E-state index contributed by atoms with van der Waals surface area (Å²) in [5, 5.41) is 21.0. The average Bonchev–Trinajstić information content (AvgIpc) is 3.00. The number of carbonyl (C=O) groups excluding carboxylic acids is 1. The Kier molecular flexibility index (Phi) is 4.22. The van der Waals surface area contributed by atoms with E-state index in [0.717, 1.165) is 25.9 Å². The number of nitrogens with one attached hydrogen (secondary N) is 1. The lowest BCUT2D eigenvalue weighted by Crippen LogP contribution is -2.39. The van der Waals surface area contributed by atoms with Crippen LogP contribution >= 0.6 is 0 Å². The van der Waals surface area contributed by atoms with E-state index in [9.17, 15) is 4.79 Å². The molecule has 1 aliphatic rings. The topological polar surface area (TPSA) is 79.9 Å². The van der Waals surface area contributed by atoms with Crippen molar-refractivity contribution >= 4 is 11.6 Å². The van der Waals surface area contributed by atoms with Crippen LogP contribution in [0.15, 0.2) is 18.2 Å². The van der Waals surface area contributed by atoms with Crippen LogP contribution in [0.2, 0.25) is 0 Å². The van der Waals surface area contributed by atoms with Crippen LogP contribution in [0.4, 0.5) is 5.69 Å². The molecular formula is C15H16N4O. The van der Waals surface area contributed by atoms with E-state index in [1.165, 1.54) is 0 Å². The number of likely N-dealkylation sites (tertiary alicyclic amines) is 1. The van der Waals surface area contributed by atoms with Gasteiger partial charge >= 0.3 is 0 Å². The molecule has 0 radical (unpaired) electrons. The Morgan fingerprint density at radius 2 is 1.90 bits per heavy atom. The van der Waals surface area contributed by atoms with Crippen molar-refractivity contribution in [1.29, 1.82) is 10.5 Å². The summed E-state index contributed by atoms with van der Waals surface area (Å²) in [7, 11) is 0. The molecule has 0 saturated carbocycles. The molecule has 1 aromatic carbocycles. The maximum atomic E-state index is 12.2. The largest absolute Gasteiger partial charge is 0.374 e. The lowest BCUT2D eigenvalue weighted by Gasteiger charge is -2.22. The van der Waals surface area contributed by atoms with E-state index in [1.54, 1.807) is 18.2 Å². The zero-order valence-corrected chi connectivity index (χ0v) is 11.4. The van der Waals surface area contributed by atoms with Gasteiger partial charge in [0.2, 0.25) is 5.91 Å². The predicted octanol–water partition coefficient (Wildman–Crippen LogP) is 1.85. The number of rotatable bonds is 3. The van der Waals surface area contributed by atoms with Crippen molar-refractivity contribution in [2.45, 2.75) is 25.8 Å². The zero-order chi connectivity index (χ0) is 14.5. The van der Waals surface area contributed by atoms with Gasteiger partial charge in [-0.15, -0.1) is 0 Å². The fourth-order valence-electron chi connectivity index (χ4n) is 2.35. The summed E-state index contributed by atoms with van der Waals surface area (Å²) in [6.45, 7) is 3.45. The van der Waals surface area contributed by atoms with Gasteiger partial charge in [-0.3, -0.25) is 4.79 Å². The molecule has 1 N–H and O–H groups in total. The molecule has 1 atom stereocenters. The first-order chi connectivity index (χ1) is 9.65. The minimum Gasteiger partial charge on any atom is -0.374 e. The number of nitrogens with zero attached hydrogens (tertiary/aromatic N) is 3. The van der Waals surface area contributed by atoms with Crippen molar-refractivity contribution in [3.05, 3.63) is 29.3 Å². The Morgan fingerprint density at radius 1 is 1.25 bits per heavy atom. The maximum absolute atomic E-state index is 12.2. The third kappa shape index (κ3) is 2.89. The first-order valence-corrected chi connectivity index (χ1v) is 6.65. The summed E-state index contributed by atoms with van der Waals surface area (Å²) in [6.07, 6.45) is 2.13. The number of amides is 1. The molecule has 1 amide bonds. The Labute approximate surface area is 118 Å². The molecule has 20 heavy (non-hydrogen) atoms. The molecule has 1 aromatic rings. The van der Waals surface area contributed by atoms with Crippen molar-refractivity contribution in [1.82, 2.24) is 4.90 Å². The third-order valence-corrected chi connectivity index (χ3v) is 3.43. The molecule has 1 aliphatic heterocycles. The minimum atomic E-state index is -0.340.